The first-order valence-corrected chi connectivity index (χ1v) is 8.83. The second-order valence-corrected chi connectivity index (χ2v) is 6.27. The van der Waals surface area contributed by atoms with E-state index in [1.807, 2.05) is 6.07 Å². The number of aromatic nitrogens is 5. The van der Waals surface area contributed by atoms with Gasteiger partial charge in [0, 0.05) is 38.3 Å². The van der Waals surface area contributed by atoms with Crippen LogP contribution in [0.15, 0.2) is 55.4 Å². The van der Waals surface area contributed by atoms with E-state index in [2.05, 4.69) is 25.0 Å². The fourth-order valence-electron chi connectivity index (χ4n) is 2.96. The van der Waals surface area contributed by atoms with Crippen molar-refractivity contribution in [2.24, 2.45) is 0 Å². The maximum absolute atomic E-state index is 12.9. The number of nitrogens with zero attached hydrogens (tertiary/aromatic N) is 7. The second-order valence-electron chi connectivity index (χ2n) is 6.27. The van der Waals surface area contributed by atoms with E-state index in [9.17, 15) is 9.18 Å². The van der Waals surface area contributed by atoms with Crippen LogP contribution in [0.4, 0.5) is 10.2 Å². The van der Waals surface area contributed by atoms with Crippen molar-refractivity contribution in [1.82, 2.24) is 29.6 Å². The van der Waals surface area contributed by atoms with Crippen LogP contribution in [0.25, 0.3) is 11.9 Å². The lowest BCUT2D eigenvalue weighted by molar-refractivity contribution is -0.126. The number of piperazine rings is 1. The average molecular weight is 379 g/mol. The highest BCUT2D eigenvalue weighted by atomic mass is 19.1. The summed E-state index contributed by atoms with van der Waals surface area (Å²) in [6.45, 7) is 2.53. The molecule has 1 aliphatic rings. The SMILES string of the molecule is O=C(C=Cc1ccc(F)cc1)N1CCN(c2cc(-n3cncn3)ncn2)CC1. The normalized spacial score (nSPS) is 14.6. The zero-order valence-electron chi connectivity index (χ0n) is 15.0. The molecule has 3 aromatic rings. The number of benzene rings is 1. The monoisotopic (exact) mass is 379 g/mol. The van der Waals surface area contributed by atoms with Gasteiger partial charge in [-0.1, -0.05) is 12.1 Å². The summed E-state index contributed by atoms with van der Waals surface area (Å²) in [6, 6.07) is 7.87. The summed E-state index contributed by atoms with van der Waals surface area (Å²) >= 11 is 0. The quantitative estimate of drug-likeness (QED) is 0.640. The van der Waals surface area contributed by atoms with Crippen molar-refractivity contribution in [2.45, 2.75) is 0 Å². The molecule has 3 heterocycles. The van der Waals surface area contributed by atoms with Gasteiger partial charge in [-0.2, -0.15) is 5.10 Å². The van der Waals surface area contributed by atoms with Crippen molar-refractivity contribution in [1.29, 1.82) is 0 Å². The second kappa shape index (κ2) is 7.95. The molecule has 142 valence electrons. The van der Waals surface area contributed by atoms with Crippen LogP contribution in [0.2, 0.25) is 0 Å². The predicted octanol–water partition coefficient (Wildman–Crippen LogP) is 1.56. The molecule has 8 nitrogen and oxygen atoms in total. The van der Waals surface area contributed by atoms with Crippen LogP contribution >= 0.6 is 0 Å². The molecule has 0 aliphatic carbocycles. The number of rotatable bonds is 4. The minimum Gasteiger partial charge on any atom is -0.353 e. The van der Waals surface area contributed by atoms with Crippen molar-refractivity contribution < 1.29 is 9.18 Å². The van der Waals surface area contributed by atoms with Crippen LogP contribution in [-0.4, -0.2) is 61.7 Å². The molecule has 1 fully saturated rings. The lowest BCUT2D eigenvalue weighted by Crippen LogP contribution is -2.48. The Balaban J connectivity index is 1.36. The molecular formula is C19H18FN7O. The van der Waals surface area contributed by atoms with Gasteiger partial charge in [0.1, 0.15) is 30.6 Å². The summed E-state index contributed by atoms with van der Waals surface area (Å²) in [7, 11) is 0. The van der Waals surface area contributed by atoms with Crippen LogP contribution in [-0.2, 0) is 4.79 Å². The molecule has 1 saturated heterocycles. The Morgan fingerprint density at radius 3 is 2.46 bits per heavy atom. The van der Waals surface area contributed by atoms with Gasteiger partial charge >= 0.3 is 0 Å². The fraction of sp³-hybridized carbons (Fsp3) is 0.211. The molecule has 0 atom stereocenters. The molecule has 1 aromatic carbocycles. The maximum atomic E-state index is 12.9. The third kappa shape index (κ3) is 4.03. The summed E-state index contributed by atoms with van der Waals surface area (Å²) in [4.78, 5) is 28.7. The lowest BCUT2D eigenvalue weighted by atomic mass is 10.2. The first kappa shape index (κ1) is 17.8. The molecule has 0 spiro atoms. The first-order chi connectivity index (χ1) is 13.7. The average Bonchev–Trinajstić information content (AvgIpc) is 3.28. The van der Waals surface area contributed by atoms with Gasteiger partial charge in [-0.3, -0.25) is 4.79 Å². The standard InChI is InChI=1S/C19H18FN7O/c20-16-4-1-15(2-5-16)3-6-19(28)26-9-7-25(8-10-26)17-11-18(23-13-22-17)27-14-21-12-24-27/h1-6,11-14H,7-10H2. The van der Waals surface area contributed by atoms with Crippen molar-refractivity contribution in [2.75, 3.05) is 31.1 Å². The van der Waals surface area contributed by atoms with E-state index in [1.54, 1.807) is 34.1 Å². The minimum absolute atomic E-state index is 0.0602. The van der Waals surface area contributed by atoms with Crippen LogP contribution in [0.5, 0.6) is 0 Å². The number of hydrogen-bond donors (Lipinski definition) is 0. The highest BCUT2D eigenvalue weighted by molar-refractivity contribution is 5.91. The Bertz CT molecular complexity index is 964. The van der Waals surface area contributed by atoms with E-state index >= 15 is 0 Å². The smallest absolute Gasteiger partial charge is 0.246 e. The summed E-state index contributed by atoms with van der Waals surface area (Å²) in [5.41, 5.74) is 0.787. The van der Waals surface area contributed by atoms with Gasteiger partial charge in [0.2, 0.25) is 5.91 Å². The zero-order valence-corrected chi connectivity index (χ0v) is 15.0. The number of hydrogen-bond acceptors (Lipinski definition) is 6. The van der Waals surface area contributed by atoms with Gasteiger partial charge in [0.05, 0.1) is 0 Å². The third-order valence-electron chi connectivity index (χ3n) is 4.50. The Morgan fingerprint density at radius 2 is 1.75 bits per heavy atom. The van der Waals surface area contributed by atoms with Crippen molar-refractivity contribution in [3.63, 3.8) is 0 Å². The van der Waals surface area contributed by atoms with Gasteiger partial charge in [0.15, 0.2) is 5.82 Å². The Morgan fingerprint density at radius 1 is 1.00 bits per heavy atom. The largest absolute Gasteiger partial charge is 0.353 e. The topological polar surface area (TPSA) is 80.0 Å². The van der Waals surface area contributed by atoms with E-state index in [0.717, 1.165) is 11.4 Å². The first-order valence-electron chi connectivity index (χ1n) is 8.83. The van der Waals surface area contributed by atoms with Crippen LogP contribution < -0.4 is 4.90 Å². The molecule has 1 amide bonds. The number of anilines is 1. The van der Waals surface area contributed by atoms with Crippen molar-refractivity contribution in [3.8, 4) is 5.82 Å². The molecule has 0 radical (unpaired) electrons. The molecule has 28 heavy (non-hydrogen) atoms. The van der Waals surface area contributed by atoms with Crippen LogP contribution in [0, 0.1) is 5.82 Å². The number of halogens is 1. The van der Waals surface area contributed by atoms with Gasteiger partial charge in [-0.25, -0.2) is 24.0 Å². The molecular weight excluding hydrogens is 361 g/mol. The minimum atomic E-state index is -0.295. The number of carbonyl (C=O) groups excluding carboxylic acids is 1. The van der Waals surface area contributed by atoms with Crippen molar-refractivity contribution in [3.05, 3.63) is 66.8 Å². The summed E-state index contributed by atoms with van der Waals surface area (Å²) in [5.74, 6) is 1.07. The summed E-state index contributed by atoms with van der Waals surface area (Å²) in [5, 5.41) is 4.07. The molecule has 0 N–H and O–H groups in total. The van der Waals surface area contributed by atoms with Gasteiger partial charge < -0.3 is 9.80 Å². The molecule has 1 aliphatic heterocycles. The Kier molecular flexibility index (Phi) is 5.05. The van der Waals surface area contributed by atoms with E-state index in [4.69, 9.17) is 0 Å². The molecule has 0 saturated carbocycles. The number of amides is 1. The predicted molar refractivity (Wildman–Crippen MR) is 101 cm³/mol. The van der Waals surface area contributed by atoms with Crippen LogP contribution in [0.1, 0.15) is 5.56 Å². The summed E-state index contributed by atoms with van der Waals surface area (Å²) in [6.07, 6.45) is 7.75. The fourth-order valence-corrected chi connectivity index (χ4v) is 2.96. The Labute approximate surface area is 161 Å². The molecule has 2 aromatic heterocycles. The van der Waals surface area contributed by atoms with E-state index in [1.165, 1.54) is 30.9 Å². The molecule has 0 bridgehead atoms. The van der Waals surface area contributed by atoms with Gasteiger partial charge in [-0.15, -0.1) is 0 Å². The molecule has 0 unspecified atom stereocenters. The highest BCUT2D eigenvalue weighted by Crippen LogP contribution is 2.16. The molecule has 4 rings (SSSR count). The summed E-state index contributed by atoms with van der Waals surface area (Å²) < 4.78 is 14.5. The van der Waals surface area contributed by atoms with E-state index in [-0.39, 0.29) is 11.7 Å². The van der Waals surface area contributed by atoms with Crippen molar-refractivity contribution >= 4 is 17.8 Å². The zero-order chi connectivity index (χ0) is 19.3. The van der Waals surface area contributed by atoms with E-state index in [0.29, 0.717) is 32.0 Å². The Hall–Kier alpha value is -3.62. The number of carbonyl (C=O) groups is 1. The van der Waals surface area contributed by atoms with E-state index < -0.39 is 0 Å². The van der Waals surface area contributed by atoms with Gasteiger partial charge in [0.25, 0.3) is 0 Å². The highest BCUT2D eigenvalue weighted by Gasteiger charge is 2.21. The third-order valence-corrected chi connectivity index (χ3v) is 4.50. The maximum Gasteiger partial charge on any atom is 0.246 e. The lowest BCUT2D eigenvalue weighted by Gasteiger charge is -2.34. The molecule has 9 heteroatoms. The van der Waals surface area contributed by atoms with Crippen LogP contribution in [0.3, 0.4) is 0 Å². The van der Waals surface area contributed by atoms with Gasteiger partial charge in [-0.05, 0) is 23.8 Å².